The molecule has 2 rings (SSSR count). The van der Waals surface area contributed by atoms with Gasteiger partial charge in [0.1, 0.15) is 6.33 Å². The van der Waals surface area contributed by atoms with Gasteiger partial charge in [0.2, 0.25) is 0 Å². The van der Waals surface area contributed by atoms with Gasteiger partial charge in [-0.2, -0.15) is 4.79 Å². The van der Waals surface area contributed by atoms with Crippen LogP contribution in [-0.2, 0) is 0 Å². The zero-order valence-electron chi connectivity index (χ0n) is 6.02. The molecule has 0 amide bonds. The van der Waals surface area contributed by atoms with Crippen molar-refractivity contribution in [1.82, 2.24) is 19.9 Å². The van der Waals surface area contributed by atoms with E-state index in [2.05, 4.69) is 15.1 Å². The zero-order chi connectivity index (χ0) is 7.84. The average molecular weight is 149 g/mol. The Bertz CT molecular complexity index is 391. The van der Waals surface area contributed by atoms with Crippen LogP contribution in [0.3, 0.4) is 0 Å². The van der Waals surface area contributed by atoms with Crippen LogP contribution in [0.1, 0.15) is 5.69 Å². The quantitative estimate of drug-likeness (QED) is 0.529. The Kier molecular flexibility index (Phi) is 1.06. The summed E-state index contributed by atoms with van der Waals surface area (Å²) in [5.74, 6) is 5.40. The molecule has 2 aromatic heterocycles. The van der Waals surface area contributed by atoms with Crippen molar-refractivity contribution in [3.63, 3.8) is 0 Å². The Hall–Kier alpha value is -1.65. The lowest BCUT2D eigenvalue weighted by molar-refractivity contribution is 0.841. The van der Waals surface area contributed by atoms with Crippen molar-refractivity contribution in [2.24, 2.45) is 0 Å². The van der Waals surface area contributed by atoms with Crippen LogP contribution in [0.25, 0.3) is 11.0 Å². The fourth-order valence-electron chi connectivity index (χ4n) is 0.972. The number of nitrogens with zero attached hydrogens (tertiary/aromatic N) is 4. The van der Waals surface area contributed by atoms with Gasteiger partial charge in [0, 0.05) is 0 Å². The van der Waals surface area contributed by atoms with Crippen LogP contribution >= 0.6 is 0 Å². The predicted molar refractivity (Wildman–Crippen MR) is 40.2 cm³/mol. The zero-order valence-corrected chi connectivity index (χ0v) is 6.02. The van der Waals surface area contributed by atoms with E-state index in [1.807, 2.05) is 6.92 Å². The highest BCUT2D eigenvalue weighted by molar-refractivity contribution is 5.75. The molecule has 0 fully saturated rings. The Labute approximate surface area is 62.8 Å². The molecule has 0 bridgehead atoms. The molecule has 56 valence electrons. The van der Waals surface area contributed by atoms with Gasteiger partial charge in [-0.3, -0.25) is 0 Å². The fourth-order valence-corrected chi connectivity index (χ4v) is 0.972. The van der Waals surface area contributed by atoms with E-state index < -0.39 is 0 Å². The summed E-state index contributed by atoms with van der Waals surface area (Å²) in [6.45, 7) is 1.89. The second-order valence-electron chi connectivity index (χ2n) is 2.31. The molecular weight excluding hydrogens is 142 g/mol. The van der Waals surface area contributed by atoms with Crippen molar-refractivity contribution >= 4 is 11.0 Å². The molecule has 5 heteroatoms. The first-order chi connectivity index (χ1) is 5.27. The summed E-state index contributed by atoms with van der Waals surface area (Å²) in [5.41, 5.74) is 1.53. The molecule has 0 saturated heterocycles. The van der Waals surface area contributed by atoms with E-state index in [9.17, 15) is 0 Å². The molecule has 0 radical (unpaired) electrons. The highest BCUT2D eigenvalue weighted by atomic mass is 15.5. The lowest BCUT2D eigenvalue weighted by atomic mass is 10.3. The maximum atomic E-state index is 5.40. The van der Waals surface area contributed by atoms with Gasteiger partial charge in [0.05, 0.1) is 17.3 Å². The number of rotatable bonds is 0. The second kappa shape index (κ2) is 1.91. The van der Waals surface area contributed by atoms with Crippen LogP contribution in [0, 0.1) is 6.92 Å². The Balaban J connectivity index is 2.90. The van der Waals surface area contributed by atoms with E-state index in [4.69, 9.17) is 5.84 Å². The number of nitrogens with two attached hydrogens (primary N) is 1. The molecule has 0 spiro atoms. The molecule has 5 nitrogen and oxygen atoms in total. The normalized spacial score (nSPS) is 10.6. The van der Waals surface area contributed by atoms with Gasteiger partial charge in [-0.25, -0.2) is 9.97 Å². The van der Waals surface area contributed by atoms with Crippen LogP contribution in [0.2, 0.25) is 0 Å². The summed E-state index contributed by atoms with van der Waals surface area (Å²) in [6, 6.07) is 0. The largest absolute Gasteiger partial charge is 0.323 e. The number of nitrogen functional groups attached to an aromatic ring is 1. The fraction of sp³-hybridized carbons (Fsp3) is 0.167. The molecule has 2 N–H and O–H groups in total. The molecule has 11 heavy (non-hydrogen) atoms. The Morgan fingerprint density at radius 3 is 3.00 bits per heavy atom. The van der Waals surface area contributed by atoms with Crippen molar-refractivity contribution in [1.29, 1.82) is 0 Å². The third kappa shape index (κ3) is 0.813. The minimum Gasteiger partial charge on any atom is -0.323 e. The van der Waals surface area contributed by atoms with Crippen molar-refractivity contribution in [2.45, 2.75) is 6.92 Å². The van der Waals surface area contributed by atoms with E-state index in [1.54, 1.807) is 6.20 Å². The minimum absolute atomic E-state index is 0.639. The van der Waals surface area contributed by atoms with Gasteiger partial charge < -0.3 is 5.84 Å². The first kappa shape index (κ1) is 6.09. The first-order valence-corrected chi connectivity index (χ1v) is 3.19. The topological polar surface area (TPSA) is 69.6 Å². The predicted octanol–water partition coefficient (Wildman–Crippen LogP) is -0.151. The minimum atomic E-state index is 0.639. The monoisotopic (exact) mass is 149 g/mol. The van der Waals surface area contributed by atoms with E-state index >= 15 is 0 Å². The smallest absolute Gasteiger partial charge is 0.186 e. The molecule has 2 heterocycles. The lowest BCUT2D eigenvalue weighted by Gasteiger charge is -1.88. The molecule has 0 saturated carbocycles. The van der Waals surface area contributed by atoms with Gasteiger partial charge in [-0.1, -0.05) is 0 Å². The third-order valence-corrected chi connectivity index (χ3v) is 1.53. The molecule has 0 aromatic carbocycles. The van der Waals surface area contributed by atoms with Crippen LogP contribution in [0.15, 0.2) is 12.5 Å². The van der Waals surface area contributed by atoms with Gasteiger partial charge >= 0.3 is 0 Å². The third-order valence-electron chi connectivity index (χ3n) is 1.53. The summed E-state index contributed by atoms with van der Waals surface area (Å²) in [6.07, 6.45) is 3.18. The molecule has 0 atom stereocenters. The van der Waals surface area contributed by atoms with Crippen molar-refractivity contribution in [3.05, 3.63) is 18.2 Å². The number of fused-ring (bicyclic) bond motifs is 1. The summed E-state index contributed by atoms with van der Waals surface area (Å²) in [4.78, 5) is 9.18. The van der Waals surface area contributed by atoms with Crippen molar-refractivity contribution in [3.8, 4) is 0 Å². The Morgan fingerprint density at radius 2 is 2.27 bits per heavy atom. The van der Waals surface area contributed by atoms with Crippen molar-refractivity contribution in [2.75, 3.05) is 5.84 Å². The van der Waals surface area contributed by atoms with Crippen LogP contribution in [0.4, 0.5) is 0 Å². The Morgan fingerprint density at radius 1 is 1.45 bits per heavy atom. The standard InChI is InChI=1S/C6H7N5/c1-4-5-2-11(7)10-6(5)9-3-8-4/h2-3H,7H2,1H3. The van der Waals surface area contributed by atoms with Gasteiger partial charge in [0.25, 0.3) is 0 Å². The summed E-state index contributed by atoms with van der Waals surface area (Å²) >= 11 is 0. The van der Waals surface area contributed by atoms with E-state index in [-0.39, 0.29) is 0 Å². The average Bonchev–Trinajstić information content (AvgIpc) is 2.31. The molecular formula is C6H7N5. The lowest BCUT2D eigenvalue weighted by Crippen LogP contribution is -2.07. The van der Waals surface area contributed by atoms with E-state index in [0.29, 0.717) is 5.65 Å². The molecule has 0 aliphatic heterocycles. The van der Waals surface area contributed by atoms with Gasteiger partial charge in [-0.05, 0) is 6.92 Å². The van der Waals surface area contributed by atoms with Crippen molar-refractivity contribution < 1.29 is 0 Å². The highest BCUT2D eigenvalue weighted by Crippen LogP contribution is 2.09. The SMILES string of the molecule is Cc1ncnc2nn(N)cc12. The molecule has 2 aromatic rings. The molecule has 0 aliphatic carbocycles. The maximum absolute atomic E-state index is 5.40. The summed E-state index contributed by atoms with van der Waals surface area (Å²) in [7, 11) is 0. The number of hydrogen-bond donors (Lipinski definition) is 1. The number of hydrogen-bond acceptors (Lipinski definition) is 4. The maximum Gasteiger partial charge on any atom is 0.186 e. The summed E-state index contributed by atoms with van der Waals surface area (Å²) < 4.78 is 0. The van der Waals surface area contributed by atoms with Crippen LogP contribution in [-0.4, -0.2) is 19.9 Å². The first-order valence-electron chi connectivity index (χ1n) is 3.19. The number of aromatic nitrogens is 4. The second-order valence-corrected chi connectivity index (χ2v) is 2.31. The molecule has 0 aliphatic rings. The van der Waals surface area contributed by atoms with E-state index in [1.165, 1.54) is 11.1 Å². The summed E-state index contributed by atoms with van der Waals surface area (Å²) in [5, 5.41) is 4.82. The number of aryl methyl sites for hydroxylation is 1. The molecule has 0 unspecified atom stereocenters. The highest BCUT2D eigenvalue weighted by Gasteiger charge is 2.01. The van der Waals surface area contributed by atoms with Crippen LogP contribution < -0.4 is 5.84 Å². The van der Waals surface area contributed by atoms with Crippen LogP contribution in [0.5, 0.6) is 0 Å². The van der Waals surface area contributed by atoms with Gasteiger partial charge in [-0.15, -0.1) is 5.10 Å². The van der Waals surface area contributed by atoms with Gasteiger partial charge in [0.15, 0.2) is 5.65 Å². The van der Waals surface area contributed by atoms with E-state index in [0.717, 1.165) is 11.1 Å².